The highest BCUT2D eigenvalue weighted by molar-refractivity contribution is 5.36. The van der Waals surface area contributed by atoms with E-state index in [1.165, 1.54) is 45.1 Å². The van der Waals surface area contributed by atoms with Gasteiger partial charge in [0, 0.05) is 19.0 Å². The highest BCUT2D eigenvalue weighted by Crippen LogP contribution is 2.42. The maximum absolute atomic E-state index is 4.38. The first kappa shape index (κ1) is 15.8. The molecule has 0 bridgehead atoms. The van der Waals surface area contributed by atoms with Gasteiger partial charge in [-0.3, -0.25) is 4.90 Å². The number of aromatic nitrogens is 3. The van der Waals surface area contributed by atoms with Gasteiger partial charge in [-0.15, -0.1) is 10.2 Å². The third-order valence-corrected chi connectivity index (χ3v) is 6.14. The molecule has 1 aliphatic carbocycles. The second-order valence-electron chi connectivity index (χ2n) is 7.68. The summed E-state index contributed by atoms with van der Waals surface area (Å²) in [6, 6.07) is 9.20. The van der Waals surface area contributed by atoms with Gasteiger partial charge in [0.15, 0.2) is 0 Å². The first-order valence-corrected chi connectivity index (χ1v) is 9.34. The second-order valence-corrected chi connectivity index (χ2v) is 7.68. The van der Waals surface area contributed by atoms with Crippen molar-refractivity contribution in [3.8, 4) is 0 Å². The molecule has 0 amide bonds. The van der Waals surface area contributed by atoms with Gasteiger partial charge in [0.05, 0.1) is 6.54 Å². The lowest BCUT2D eigenvalue weighted by molar-refractivity contribution is 0.127. The number of likely N-dealkylation sites (tertiary alicyclic amines) is 1. The molecule has 1 saturated heterocycles. The Morgan fingerprint density at radius 3 is 2.75 bits per heavy atom. The average Bonchev–Trinajstić information content (AvgIpc) is 2.82. The normalized spacial score (nSPS) is 24.8. The Morgan fingerprint density at radius 1 is 1.08 bits per heavy atom. The smallest absolute Gasteiger partial charge is 0.146 e. The highest BCUT2D eigenvalue weighted by atomic mass is 15.3. The SMILES string of the molecule is Cc1nnc(CN2CCCC3(CCCCc4ccccc43)C2)n1C. The molecule has 1 aromatic carbocycles. The largest absolute Gasteiger partial charge is 0.317 e. The molecular formula is C20H28N4. The van der Waals surface area contributed by atoms with Gasteiger partial charge in [-0.05, 0) is 56.7 Å². The molecule has 1 spiro atoms. The van der Waals surface area contributed by atoms with Crippen LogP contribution in [0.2, 0.25) is 0 Å². The second kappa shape index (κ2) is 6.32. The topological polar surface area (TPSA) is 34.0 Å². The summed E-state index contributed by atoms with van der Waals surface area (Å²) in [6.07, 6.45) is 7.88. The maximum atomic E-state index is 4.38. The molecule has 2 heterocycles. The zero-order valence-corrected chi connectivity index (χ0v) is 15.0. The van der Waals surface area contributed by atoms with Crippen molar-refractivity contribution < 1.29 is 0 Å². The zero-order valence-electron chi connectivity index (χ0n) is 15.0. The number of rotatable bonds is 2. The number of fused-ring (bicyclic) bond motifs is 2. The molecule has 1 fully saturated rings. The summed E-state index contributed by atoms with van der Waals surface area (Å²) in [5.74, 6) is 2.09. The van der Waals surface area contributed by atoms with Crippen molar-refractivity contribution in [2.24, 2.45) is 7.05 Å². The van der Waals surface area contributed by atoms with Gasteiger partial charge in [-0.1, -0.05) is 30.7 Å². The van der Waals surface area contributed by atoms with E-state index in [4.69, 9.17) is 0 Å². The average molecular weight is 324 g/mol. The Morgan fingerprint density at radius 2 is 1.92 bits per heavy atom. The fourth-order valence-electron chi connectivity index (χ4n) is 4.74. The van der Waals surface area contributed by atoms with Crippen LogP contribution in [0.15, 0.2) is 24.3 Å². The zero-order chi connectivity index (χ0) is 16.6. The van der Waals surface area contributed by atoms with Crippen molar-refractivity contribution in [1.29, 1.82) is 0 Å². The first-order chi connectivity index (χ1) is 11.7. The van der Waals surface area contributed by atoms with Crippen LogP contribution in [-0.2, 0) is 25.4 Å². The molecule has 1 atom stereocenters. The molecule has 0 radical (unpaired) electrons. The van der Waals surface area contributed by atoms with E-state index in [0.29, 0.717) is 5.41 Å². The third kappa shape index (κ3) is 2.77. The van der Waals surface area contributed by atoms with Crippen LogP contribution in [0.4, 0.5) is 0 Å². The molecule has 0 saturated carbocycles. The van der Waals surface area contributed by atoms with Crippen LogP contribution in [0.25, 0.3) is 0 Å². The van der Waals surface area contributed by atoms with E-state index in [1.54, 1.807) is 11.1 Å². The monoisotopic (exact) mass is 324 g/mol. The van der Waals surface area contributed by atoms with E-state index < -0.39 is 0 Å². The van der Waals surface area contributed by atoms with Crippen LogP contribution < -0.4 is 0 Å². The lowest BCUT2D eigenvalue weighted by Gasteiger charge is -2.43. The van der Waals surface area contributed by atoms with Crippen LogP contribution in [0.1, 0.15) is 54.9 Å². The van der Waals surface area contributed by atoms with Crippen LogP contribution in [0.5, 0.6) is 0 Å². The lowest BCUT2D eigenvalue weighted by atomic mass is 9.70. The van der Waals surface area contributed by atoms with Crippen molar-refractivity contribution in [1.82, 2.24) is 19.7 Å². The molecule has 1 aliphatic heterocycles. The Kier molecular flexibility index (Phi) is 4.17. The number of aryl methyl sites for hydroxylation is 2. The number of hydrogen-bond donors (Lipinski definition) is 0. The quantitative estimate of drug-likeness (QED) is 0.849. The van der Waals surface area contributed by atoms with E-state index in [0.717, 1.165) is 24.7 Å². The molecule has 4 rings (SSSR count). The van der Waals surface area contributed by atoms with Gasteiger partial charge < -0.3 is 4.57 Å². The molecule has 2 aliphatic rings. The van der Waals surface area contributed by atoms with E-state index in [1.807, 2.05) is 6.92 Å². The van der Waals surface area contributed by atoms with Crippen molar-refractivity contribution in [3.63, 3.8) is 0 Å². The van der Waals surface area contributed by atoms with E-state index in [-0.39, 0.29) is 0 Å². The van der Waals surface area contributed by atoms with E-state index in [9.17, 15) is 0 Å². The van der Waals surface area contributed by atoms with Crippen molar-refractivity contribution in [2.75, 3.05) is 13.1 Å². The Balaban J connectivity index is 1.61. The fraction of sp³-hybridized carbons (Fsp3) is 0.600. The summed E-state index contributed by atoms with van der Waals surface area (Å²) < 4.78 is 2.13. The Hall–Kier alpha value is -1.68. The molecule has 128 valence electrons. The molecule has 4 nitrogen and oxygen atoms in total. The van der Waals surface area contributed by atoms with Gasteiger partial charge in [-0.2, -0.15) is 0 Å². The van der Waals surface area contributed by atoms with Gasteiger partial charge >= 0.3 is 0 Å². The third-order valence-electron chi connectivity index (χ3n) is 6.14. The first-order valence-electron chi connectivity index (χ1n) is 9.34. The number of piperidine rings is 1. The van der Waals surface area contributed by atoms with Crippen LogP contribution in [-0.4, -0.2) is 32.8 Å². The predicted molar refractivity (Wildman–Crippen MR) is 95.9 cm³/mol. The van der Waals surface area contributed by atoms with Crippen molar-refractivity contribution in [3.05, 3.63) is 47.0 Å². The van der Waals surface area contributed by atoms with Crippen LogP contribution >= 0.6 is 0 Å². The molecule has 4 heteroatoms. The van der Waals surface area contributed by atoms with Gasteiger partial charge in [0.25, 0.3) is 0 Å². The minimum atomic E-state index is 0.346. The van der Waals surface area contributed by atoms with Crippen LogP contribution in [0.3, 0.4) is 0 Å². The minimum absolute atomic E-state index is 0.346. The number of nitrogens with zero attached hydrogens (tertiary/aromatic N) is 4. The molecule has 0 N–H and O–H groups in total. The summed E-state index contributed by atoms with van der Waals surface area (Å²) >= 11 is 0. The fourth-order valence-corrected chi connectivity index (χ4v) is 4.74. The molecule has 1 aromatic heterocycles. The van der Waals surface area contributed by atoms with Crippen LogP contribution in [0, 0.1) is 6.92 Å². The van der Waals surface area contributed by atoms with Crippen molar-refractivity contribution in [2.45, 2.75) is 57.4 Å². The lowest BCUT2D eigenvalue weighted by Crippen LogP contribution is -2.46. The molecule has 1 unspecified atom stereocenters. The number of hydrogen-bond acceptors (Lipinski definition) is 3. The highest BCUT2D eigenvalue weighted by Gasteiger charge is 2.39. The minimum Gasteiger partial charge on any atom is -0.317 e. The Labute approximate surface area is 144 Å². The Bertz CT molecular complexity index is 720. The van der Waals surface area contributed by atoms with E-state index >= 15 is 0 Å². The summed E-state index contributed by atoms with van der Waals surface area (Å²) in [7, 11) is 2.07. The molecule has 2 aromatic rings. The standard InChI is InChI=1S/C20H28N4/c1-16-21-22-19(23(16)2)14-24-13-7-12-20(15-24)11-6-5-9-17-8-3-4-10-18(17)20/h3-4,8,10H,5-7,9,11-15H2,1-2H3. The predicted octanol–water partition coefficient (Wildman–Crippen LogP) is 3.38. The summed E-state index contributed by atoms with van der Waals surface area (Å²) in [5, 5.41) is 8.60. The van der Waals surface area contributed by atoms with Gasteiger partial charge in [0.2, 0.25) is 0 Å². The number of benzene rings is 1. The van der Waals surface area contributed by atoms with E-state index in [2.05, 4.69) is 51.0 Å². The molecular weight excluding hydrogens is 296 g/mol. The summed E-state index contributed by atoms with van der Waals surface area (Å²) in [6.45, 7) is 5.28. The summed E-state index contributed by atoms with van der Waals surface area (Å²) in [4.78, 5) is 2.61. The van der Waals surface area contributed by atoms with Crippen molar-refractivity contribution >= 4 is 0 Å². The van der Waals surface area contributed by atoms with Gasteiger partial charge in [-0.25, -0.2) is 0 Å². The maximum Gasteiger partial charge on any atom is 0.146 e. The molecule has 24 heavy (non-hydrogen) atoms. The summed E-state index contributed by atoms with van der Waals surface area (Å²) in [5.41, 5.74) is 3.56. The van der Waals surface area contributed by atoms with Gasteiger partial charge in [0.1, 0.15) is 11.6 Å².